The summed E-state index contributed by atoms with van der Waals surface area (Å²) in [7, 11) is -2.45. The second kappa shape index (κ2) is 10.2. The summed E-state index contributed by atoms with van der Waals surface area (Å²) in [6.07, 6.45) is -0.112. The average Bonchev–Trinajstić information content (AvgIpc) is 2.78. The molecule has 0 bridgehead atoms. The van der Waals surface area contributed by atoms with Gasteiger partial charge in [0.1, 0.15) is 11.6 Å². The zero-order valence-electron chi connectivity index (χ0n) is 16.9. The van der Waals surface area contributed by atoms with Crippen molar-refractivity contribution in [2.24, 2.45) is 0 Å². The maximum atomic E-state index is 13.2. The number of amides is 1. The van der Waals surface area contributed by atoms with Crippen LogP contribution in [-0.4, -0.2) is 21.4 Å². The molecular weight excluding hydrogens is 419 g/mol. The van der Waals surface area contributed by atoms with Gasteiger partial charge in [0.2, 0.25) is 15.9 Å². The van der Waals surface area contributed by atoms with E-state index < -0.39 is 21.9 Å². The number of hydrogen-bond donors (Lipinski definition) is 2. The monoisotopic (exact) mass is 442 g/mol. The Morgan fingerprint density at radius 1 is 0.968 bits per heavy atom. The summed E-state index contributed by atoms with van der Waals surface area (Å²) >= 11 is 0. The lowest BCUT2D eigenvalue weighted by molar-refractivity contribution is -0.121. The Labute approximate surface area is 181 Å². The van der Waals surface area contributed by atoms with Crippen molar-refractivity contribution in [1.82, 2.24) is 10.0 Å². The van der Waals surface area contributed by atoms with Crippen molar-refractivity contribution in [3.63, 3.8) is 0 Å². The van der Waals surface area contributed by atoms with Crippen LogP contribution in [0.4, 0.5) is 4.39 Å². The van der Waals surface area contributed by atoms with Crippen LogP contribution in [-0.2, 0) is 21.4 Å². The fourth-order valence-electron chi connectivity index (χ4n) is 2.99. The Kier molecular flexibility index (Phi) is 7.38. The highest BCUT2D eigenvalue weighted by Crippen LogP contribution is 2.23. The van der Waals surface area contributed by atoms with E-state index in [2.05, 4.69) is 10.0 Å². The number of nitrogens with one attached hydrogen (secondary N) is 2. The molecule has 0 spiro atoms. The zero-order valence-corrected chi connectivity index (χ0v) is 17.7. The average molecular weight is 443 g/mol. The number of carbonyl (C=O) groups excluding carboxylic acids is 1. The zero-order chi connectivity index (χ0) is 22.3. The smallest absolute Gasteiger partial charge is 0.241 e. The van der Waals surface area contributed by atoms with E-state index in [-0.39, 0.29) is 17.2 Å². The van der Waals surface area contributed by atoms with E-state index in [0.29, 0.717) is 17.9 Å². The number of benzene rings is 3. The van der Waals surface area contributed by atoms with Gasteiger partial charge in [0.05, 0.1) is 18.0 Å². The highest BCUT2D eigenvalue weighted by molar-refractivity contribution is 7.89. The molecule has 1 unspecified atom stereocenters. The van der Waals surface area contributed by atoms with Crippen LogP contribution in [0.1, 0.15) is 23.6 Å². The molecule has 31 heavy (non-hydrogen) atoms. The van der Waals surface area contributed by atoms with Crippen LogP contribution in [0.2, 0.25) is 0 Å². The van der Waals surface area contributed by atoms with E-state index in [1.165, 1.54) is 19.2 Å². The molecule has 3 rings (SSSR count). The van der Waals surface area contributed by atoms with E-state index in [1.807, 2.05) is 30.3 Å². The number of carbonyl (C=O) groups is 1. The van der Waals surface area contributed by atoms with Gasteiger partial charge in [-0.15, -0.1) is 0 Å². The Hall–Kier alpha value is -3.23. The Morgan fingerprint density at radius 3 is 2.23 bits per heavy atom. The first-order valence-electron chi connectivity index (χ1n) is 9.60. The fourth-order valence-corrected chi connectivity index (χ4v) is 4.21. The van der Waals surface area contributed by atoms with E-state index >= 15 is 0 Å². The van der Waals surface area contributed by atoms with Crippen molar-refractivity contribution < 1.29 is 22.3 Å². The van der Waals surface area contributed by atoms with E-state index in [1.54, 1.807) is 24.3 Å². The molecule has 0 aromatic heterocycles. The molecular formula is C23H23FN2O4S. The van der Waals surface area contributed by atoms with Gasteiger partial charge in [-0.2, -0.15) is 0 Å². The van der Waals surface area contributed by atoms with Gasteiger partial charge in [-0.05, 0) is 47.5 Å². The van der Waals surface area contributed by atoms with Gasteiger partial charge in [0, 0.05) is 13.0 Å². The molecule has 3 aromatic rings. The second-order valence-electron chi connectivity index (χ2n) is 6.87. The van der Waals surface area contributed by atoms with Crippen LogP contribution >= 0.6 is 0 Å². The SMILES string of the molecule is COc1ccc(C(CC(=O)NCc2ccccc2)NS(=O)(=O)c2ccc(F)cc2)cc1. The van der Waals surface area contributed by atoms with Crippen molar-refractivity contribution in [3.05, 3.63) is 95.8 Å². The molecule has 1 amide bonds. The third-order valence-electron chi connectivity index (χ3n) is 4.66. The first-order chi connectivity index (χ1) is 14.9. The predicted molar refractivity (Wildman–Crippen MR) is 115 cm³/mol. The number of methoxy groups -OCH3 is 1. The van der Waals surface area contributed by atoms with Crippen LogP contribution in [0.3, 0.4) is 0 Å². The fraction of sp³-hybridized carbons (Fsp3) is 0.174. The molecule has 0 aliphatic rings. The van der Waals surface area contributed by atoms with Gasteiger partial charge in [0.15, 0.2) is 0 Å². The largest absolute Gasteiger partial charge is 0.497 e. The second-order valence-corrected chi connectivity index (χ2v) is 8.58. The van der Waals surface area contributed by atoms with Crippen LogP contribution in [0.15, 0.2) is 83.8 Å². The molecule has 2 N–H and O–H groups in total. The number of halogens is 1. The topological polar surface area (TPSA) is 84.5 Å². The highest BCUT2D eigenvalue weighted by Gasteiger charge is 2.24. The first-order valence-corrected chi connectivity index (χ1v) is 11.1. The quantitative estimate of drug-likeness (QED) is 0.531. The number of rotatable bonds is 9. The summed E-state index contributed by atoms with van der Waals surface area (Å²) in [5, 5.41) is 2.81. The van der Waals surface area contributed by atoms with Gasteiger partial charge in [0.25, 0.3) is 0 Å². The molecule has 162 valence electrons. The summed E-state index contributed by atoms with van der Waals surface area (Å²) < 4.78 is 46.5. The number of sulfonamides is 1. The van der Waals surface area contributed by atoms with Gasteiger partial charge in [-0.25, -0.2) is 17.5 Å². The van der Waals surface area contributed by atoms with E-state index in [0.717, 1.165) is 17.7 Å². The molecule has 0 saturated carbocycles. The maximum absolute atomic E-state index is 13.2. The molecule has 8 heteroatoms. The van der Waals surface area contributed by atoms with Crippen LogP contribution in [0, 0.1) is 5.82 Å². The van der Waals surface area contributed by atoms with Gasteiger partial charge >= 0.3 is 0 Å². The Bertz CT molecular complexity index is 1100. The lowest BCUT2D eigenvalue weighted by Crippen LogP contribution is -2.33. The lowest BCUT2D eigenvalue weighted by Gasteiger charge is -2.19. The molecule has 0 radical (unpaired) electrons. The van der Waals surface area contributed by atoms with Crippen molar-refractivity contribution >= 4 is 15.9 Å². The van der Waals surface area contributed by atoms with E-state index in [9.17, 15) is 17.6 Å². The summed E-state index contributed by atoms with van der Waals surface area (Å²) in [6, 6.07) is 19.9. The first kappa shape index (κ1) is 22.5. The summed E-state index contributed by atoms with van der Waals surface area (Å²) in [5.41, 5.74) is 1.53. The summed E-state index contributed by atoms with van der Waals surface area (Å²) in [5.74, 6) is -0.241. The van der Waals surface area contributed by atoms with Gasteiger partial charge in [-0.1, -0.05) is 42.5 Å². The Balaban J connectivity index is 1.78. The van der Waals surface area contributed by atoms with E-state index in [4.69, 9.17) is 4.74 Å². The number of hydrogen-bond acceptors (Lipinski definition) is 4. The van der Waals surface area contributed by atoms with Crippen molar-refractivity contribution in [2.75, 3.05) is 7.11 Å². The minimum atomic E-state index is -3.98. The third kappa shape index (κ3) is 6.37. The van der Waals surface area contributed by atoms with Crippen molar-refractivity contribution in [3.8, 4) is 5.75 Å². The maximum Gasteiger partial charge on any atom is 0.241 e. The molecule has 1 atom stereocenters. The van der Waals surface area contributed by atoms with Crippen LogP contribution in [0.5, 0.6) is 5.75 Å². The minimum absolute atomic E-state index is 0.0860. The van der Waals surface area contributed by atoms with Gasteiger partial charge in [-0.3, -0.25) is 4.79 Å². The molecule has 0 aliphatic heterocycles. The van der Waals surface area contributed by atoms with Crippen molar-refractivity contribution in [2.45, 2.75) is 23.9 Å². The molecule has 6 nitrogen and oxygen atoms in total. The minimum Gasteiger partial charge on any atom is -0.497 e. The Morgan fingerprint density at radius 2 is 1.61 bits per heavy atom. The molecule has 0 saturated heterocycles. The molecule has 0 aliphatic carbocycles. The van der Waals surface area contributed by atoms with Crippen LogP contribution < -0.4 is 14.8 Å². The normalized spacial score (nSPS) is 12.2. The standard InChI is InChI=1S/C23H23FN2O4S/c1-30-20-11-7-18(8-12-20)22(15-23(27)25-16-17-5-3-2-4-6-17)26-31(28,29)21-13-9-19(24)10-14-21/h2-14,22,26H,15-16H2,1H3,(H,25,27). The van der Waals surface area contributed by atoms with Gasteiger partial charge < -0.3 is 10.1 Å². The lowest BCUT2D eigenvalue weighted by atomic mass is 10.0. The van der Waals surface area contributed by atoms with Crippen molar-refractivity contribution in [1.29, 1.82) is 0 Å². The predicted octanol–water partition coefficient (Wildman–Crippen LogP) is 3.56. The third-order valence-corrected chi connectivity index (χ3v) is 6.15. The molecule has 0 heterocycles. The summed E-state index contributed by atoms with van der Waals surface area (Å²) in [4.78, 5) is 12.5. The molecule has 3 aromatic carbocycles. The number of ether oxygens (including phenoxy) is 1. The van der Waals surface area contributed by atoms with Crippen LogP contribution in [0.25, 0.3) is 0 Å². The summed E-state index contributed by atoms with van der Waals surface area (Å²) in [6.45, 7) is 0.333. The highest BCUT2D eigenvalue weighted by atomic mass is 32.2. The molecule has 0 fully saturated rings.